The van der Waals surface area contributed by atoms with Crippen LogP contribution in [-0.2, 0) is 0 Å². The van der Waals surface area contributed by atoms with Crippen LogP contribution in [0.2, 0.25) is 0 Å². The van der Waals surface area contributed by atoms with Crippen molar-refractivity contribution in [3.8, 4) is 0 Å². The van der Waals surface area contributed by atoms with Crippen LogP contribution in [0, 0.1) is 5.92 Å². The van der Waals surface area contributed by atoms with E-state index in [1.807, 2.05) is 0 Å². The van der Waals surface area contributed by atoms with Crippen LogP contribution < -0.4 is 0 Å². The summed E-state index contributed by atoms with van der Waals surface area (Å²) in [5.41, 5.74) is 3.27. The lowest BCUT2D eigenvalue weighted by Gasteiger charge is -2.44. The van der Waals surface area contributed by atoms with E-state index in [4.69, 9.17) is 0 Å². The normalized spacial score (nSPS) is 45.7. The zero-order valence-electron chi connectivity index (χ0n) is 6.44. The van der Waals surface area contributed by atoms with E-state index >= 15 is 0 Å². The second-order valence-electron chi connectivity index (χ2n) is 4.21. The molecular formula is C10H11Br. The third-order valence-corrected chi connectivity index (χ3v) is 3.89. The first-order valence-electron chi connectivity index (χ1n) is 4.34. The Labute approximate surface area is 75.5 Å². The molecule has 0 radical (unpaired) electrons. The Hall–Kier alpha value is -0.0400. The van der Waals surface area contributed by atoms with Crippen LogP contribution in [0.25, 0.3) is 0 Å². The van der Waals surface area contributed by atoms with Gasteiger partial charge in [0, 0.05) is 4.32 Å². The summed E-state index contributed by atoms with van der Waals surface area (Å²) in [7, 11) is 0. The minimum Gasteiger partial charge on any atom is -0.0804 e. The molecule has 0 amide bonds. The summed E-state index contributed by atoms with van der Waals surface area (Å²) in [6.45, 7) is 0. The molecule has 4 aliphatic rings. The van der Waals surface area contributed by atoms with E-state index in [9.17, 15) is 0 Å². The molecule has 4 bridgehead atoms. The molecule has 0 aromatic heterocycles. The molecule has 0 N–H and O–H groups in total. The molecule has 0 heterocycles. The summed E-state index contributed by atoms with van der Waals surface area (Å²) in [5, 5.41) is 0. The smallest absolute Gasteiger partial charge is 0.0482 e. The standard InChI is InChI=1S/C10H11Br/c11-10-4-7-1-8(5-10)3-9(2-7)6-10/h1,4,9H,2-3,5-6H2. The first-order valence-corrected chi connectivity index (χ1v) is 5.13. The van der Waals surface area contributed by atoms with Gasteiger partial charge >= 0.3 is 0 Å². The van der Waals surface area contributed by atoms with Gasteiger partial charge in [-0.05, 0) is 31.6 Å². The van der Waals surface area contributed by atoms with E-state index in [-0.39, 0.29) is 0 Å². The van der Waals surface area contributed by atoms with Crippen LogP contribution in [0.3, 0.4) is 0 Å². The van der Waals surface area contributed by atoms with Crippen molar-refractivity contribution in [1.29, 1.82) is 0 Å². The average Bonchev–Trinajstić information content (AvgIpc) is 1.79. The Morgan fingerprint density at radius 3 is 3.00 bits per heavy atom. The molecule has 0 nitrogen and oxygen atoms in total. The minimum absolute atomic E-state index is 0.383. The monoisotopic (exact) mass is 210 g/mol. The molecule has 11 heavy (non-hydrogen) atoms. The van der Waals surface area contributed by atoms with Gasteiger partial charge in [0.2, 0.25) is 0 Å². The minimum atomic E-state index is 0.383. The fraction of sp³-hybridized carbons (Fsp3) is 0.600. The number of alkyl halides is 1. The van der Waals surface area contributed by atoms with E-state index in [1.54, 1.807) is 11.1 Å². The van der Waals surface area contributed by atoms with Gasteiger partial charge in [-0.25, -0.2) is 0 Å². The second kappa shape index (κ2) is 1.82. The van der Waals surface area contributed by atoms with Crippen molar-refractivity contribution in [2.45, 2.75) is 30.0 Å². The van der Waals surface area contributed by atoms with Crippen molar-refractivity contribution in [2.75, 3.05) is 0 Å². The third-order valence-electron chi connectivity index (χ3n) is 3.06. The van der Waals surface area contributed by atoms with Crippen LogP contribution in [0.5, 0.6) is 0 Å². The molecule has 1 fully saturated rings. The predicted molar refractivity (Wildman–Crippen MR) is 49.8 cm³/mol. The lowest BCUT2D eigenvalue weighted by Crippen LogP contribution is -2.35. The van der Waals surface area contributed by atoms with E-state index in [0.29, 0.717) is 4.32 Å². The quantitative estimate of drug-likeness (QED) is 0.540. The van der Waals surface area contributed by atoms with Crippen molar-refractivity contribution in [3.63, 3.8) is 0 Å². The Morgan fingerprint density at radius 2 is 2.36 bits per heavy atom. The fourth-order valence-electron chi connectivity index (χ4n) is 2.90. The maximum Gasteiger partial charge on any atom is 0.0482 e. The van der Waals surface area contributed by atoms with E-state index in [0.717, 1.165) is 5.92 Å². The lowest BCUT2D eigenvalue weighted by molar-refractivity contribution is 0.355. The zero-order chi connectivity index (χ0) is 7.47. The summed E-state index contributed by atoms with van der Waals surface area (Å²) < 4.78 is 0.383. The fourth-order valence-corrected chi connectivity index (χ4v) is 4.01. The summed E-state index contributed by atoms with van der Waals surface area (Å²) in [4.78, 5) is 0. The number of hydrogen-bond donors (Lipinski definition) is 0. The Balaban J connectivity index is 2.17. The van der Waals surface area contributed by atoms with Crippen LogP contribution in [0.1, 0.15) is 25.7 Å². The van der Waals surface area contributed by atoms with Crippen LogP contribution >= 0.6 is 15.9 Å². The Morgan fingerprint density at radius 1 is 1.45 bits per heavy atom. The van der Waals surface area contributed by atoms with E-state index in [2.05, 4.69) is 28.1 Å². The zero-order valence-corrected chi connectivity index (χ0v) is 8.02. The molecule has 0 aromatic carbocycles. The molecule has 0 aromatic rings. The predicted octanol–water partition coefficient (Wildman–Crippen LogP) is 3.19. The SMILES string of the molecule is BrC12C=C3C=C(CC(C3)C1)C2. The summed E-state index contributed by atoms with van der Waals surface area (Å²) in [6.07, 6.45) is 10.2. The topological polar surface area (TPSA) is 0 Å². The molecule has 1 saturated carbocycles. The molecule has 0 spiro atoms. The largest absolute Gasteiger partial charge is 0.0804 e. The Kier molecular flexibility index (Phi) is 1.07. The van der Waals surface area contributed by atoms with Crippen molar-refractivity contribution in [1.82, 2.24) is 0 Å². The number of allylic oxidation sites excluding steroid dienone is 4. The van der Waals surface area contributed by atoms with Gasteiger partial charge in [-0.3, -0.25) is 0 Å². The van der Waals surface area contributed by atoms with Crippen LogP contribution in [0.4, 0.5) is 0 Å². The molecular weight excluding hydrogens is 200 g/mol. The van der Waals surface area contributed by atoms with Crippen molar-refractivity contribution in [3.05, 3.63) is 23.3 Å². The number of rotatable bonds is 0. The lowest BCUT2D eigenvalue weighted by atomic mass is 9.66. The van der Waals surface area contributed by atoms with Gasteiger partial charge in [0.25, 0.3) is 0 Å². The van der Waals surface area contributed by atoms with Gasteiger partial charge in [-0.1, -0.05) is 39.2 Å². The first kappa shape index (κ1) is 6.47. The molecule has 2 unspecified atom stereocenters. The average molecular weight is 211 g/mol. The number of halogens is 1. The molecule has 1 heteroatoms. The molecule has 58 valence electrons. The van der Waals surface area contributed by atoms with Crippen molar-refractivity contribution >= 4 is 15.9 Å². The van der Waals surface area contributed by atoms with Gasteiger partial charge in [0.15, 0.2) is 0 Å². The molecule has 4 aliphatic carbocycles. The summed E-state index contributed by atoms with van der Waals surface area (Å²) in [6, 6.07) is 0. The third kappa shape index (κ3) is 0.868. The van der Waals surface area contributed by atoms with E-state index < -0.39 is 0 Å². The van der Waals surface area contributed by atoms with E-state index in [1.165, 1.54) is 25.7 Å². The molecule has 0 aliphatic heterocycles. The highest BCUT2D eigenvalue weighted by Gasteiger charge is 2.40. The maximum atomic E-state index is 3.84. The van der Waals surface area contributed by atoms with Crippen molar-refractivity contribution < 1.29 is 0 Å². The molecule has 2 atom stereocenters. The highest BCUT2D eigenvalue weighted by Crippen LogP contribution is 2.52. The summed E-state index contributed by atoms with van der Waals surface area (Å²) >= 11 is 3.84. The first-order chi connectivity index (χ1) is 5.23. The maximum absolute atomic E-state index is 3.84. The van der Waals surface area contributed by atoms with Crippen LogP contribution in [0.15, 0.2) is 23.3 Å². The number of hydrogen-bond acceptors (Lipinski definition) is 0. The van der Waals surface area contributed by atoms with Gasteiger partial charge in [-0.2, -0.15) is 0 Å². The van der Waals surface area contributed by atoms with Gasteiger partial charge in [0.1, 0.15) is 0 Å². The Bertz CT molecular complexity index is 275. The van der Waals surface area contributed by atoms with Crippen LogP contribution in [-0.4, -0.2) is 4.32 Å². The highest BCUT2D eigenvalue weighted by molar-refractivity contribution is 9.10. The van der Waals surface area contributed by atoms with Crippen molar-refractivity contribution in [2.24, 2.45) is 5.92 Å². The molecule has 4 rings (SSSR count). The van der Waals surface area contributed by atoms with Gasteiger partial charge in [0.05, 0.1) is 0 Å². The highest BCUT2D eigenvalue weighted by atomic mass is 79.9. The summed E-state index contributed by atoms with van der Waals surface area (Å²) in [5.74, 6) is 0.961. The van der Waals surface area contributed by atoms with Gasteiger partial charge in [-0.15, -0.1) is 0 Å². The van der Waals surface area contributed by atoms with Gasteiger partial charge < -0.3 is 0 Å². The molecule has 0 saturated heterocycles. The second-order valence-corrected chi connectivity index (χ2v) is 5.79.